The first-order valence-corrected chi connectivity index (χ1v) is 10.9. The van der Waals surface area contributed by atoms with Gasteiger partial charge in [-0.15, -0.1) is 11.3 Å². The first-order chi connectivity index (χ1) is 14.2. The van der Waals surface area contributed by atoms with E-state index in [1.54, 1.807) is 25.3 Å². The lowest BCUT2D eigenvalue weighted by Gasteiger charge is -2.37. The molecule has 1 aliphatic carbocycles. The molecule has 2 N–H and O–H groups in total. The second kappa shape index (κ2) is 8.52. The predicted octanol–water partition coefficient (Wildman–Crippen LogP) is 4.93. The zero-order chi connectivity index (χ0) is 22.1. The van der Waals surface area contributed by atoms with Gasteiger partial charge in [-0.2, -0.15) is 0 Å². The fourth-order valence-electron chi connectivity index (χ4n) is 4.00. The molecule has 0 radical (unpaired) electrons. The predicted molar refractivity (Wildman–Crippen MR) is 117 cm³/mol. The molecule has 158 valence electrons. The van der Waals surface area contributed by atoms with E-state index in [0.29, 0.717) is 17.7 Å². The topological polar surface area (TPSA) is 100 Å². The molecule has 0 aromatic carbocycles. The Balaban J connectivity index is 2.11. The molecule has 0 fully saturated rings. The highest BCUT2D eigenvalue weighted by molar-refractivity contribution is 7.13. The van der Waals surface area contributed by atoms with Crippen LogP contribution in [-0.4, -0.2) is 32.1 Å². The van der Waals surface area contributed by atoms with E-state index in [2.05, 4.69) is 4.98 Å². The molecule has 2 heterocycles. The molecule has 0 saturated heterocycles. The standard InChI is InChI=1S/C23H26N2O4S/c1-5-17-8-15(6-7-24-17)20-25-19(12-30-20)16-9-18(21(26)27)14(4)23(11-16,22(28)29)10-13(2)3/h6-9,11-14H,5,10H2,1-4H3,(H,26,27)(H,28,29). The third-order valence-electron chi connectivity index (χ3n) is 5.58. The van der Waals surface area contributed by atoms with E-state index in [-0.39, 0.29) is 11.5 Å². The highest BCUT2D eigenvalue weighted by Crippen LogP contribution is 2.46. The maximum atomic E-state index is 12.4. The summed E-state index contributed by atoms with van der Waals surface area (Å²) in [5.74, 6) is -2.67. The Bertz CT molecular complexity index is 1040. The van der Waals surface area contributed by atoms with E-state index in [1.165, 1.54) is 11.3 Å². The van der Waals surface area contributed by atoms with Crippen LogP contribution in [0.5, 0.6) is 0 Å². The van der Waals surface area contributed by atoms with Gasteiger partial charge in [-0.25, -0.2) is 9.78 Å². The fourth-order valence-corrected chi connectivity index (χ4v) is 4.82. The zero-order valence-electron chi connectivity index (χ0n) is 17.5. The number of allylic oxidation sites excluding steroid dienone is 2. The minimum atomic E-state index is -1.29. The average Bonchev–Trinajstić information content (AvgIpc) is 3.19. The maximum absolute atomic E-state index is 12.4. The number of pyridine rings is 1. The van der Waals surface area contributed by atoms with Gasteiger partial charge in [0.05, 0.1) is 11.1 Å². The van der Waals surface area contributed by atoms with Crippen LogP contribution in [0.2, 0.25) is 0 Å². The highest BCUT2D eigenvalue weighted by atomic mass is 32.1. The van der Waals surface area contributed by atoms with Crippen molar-refractivity contribution in [2.45, 2.75) is 40.5 Å². The molecule has 30 heavy (non-hydrogen) atoms. The molecule has 0 amide bonds. The molecule has 0 bridgehead atoms. The Hall–Kier alpha value is -2.80. The van der Waals surface area contributed by atoms with Crippen molar-refractivity contribution in [1.82, 2.24) is 9.97 Å². The SMILES string of the molecule is CCc1cc(-c2nc(C3=CC(CC(C)C)(C(=O)O)C(C)C(C(=O)O)=C3)cs2)ccn1. The Morgan fingerprint density at radius 1 is 1.30 bits per heavy atom. The van der Waals surface area contributed by atoms with E-state index in [9.17, 15) is 19.8 Å². The Morgan fingerprint density at radius 2 is 2.03 bits per heavy atom. The lowest BCUT2D eigenvalue weighted by atomic mass is 9.64. The molecule has 0 spiro atoms. The van der Waals surface area contributed by atoms with Crippen LogP contribution in [0, 0.1) is 17.3 Å². The summed E-state index contributed by atoms with van der Waals surface area (Å²) >= 11 is 1.44. The van der Waals surface area contributed by atoms with Gasteiger partial charge in [-0.05, 0) is 42.5 Å². The van der Waals surface area contributed by atoms with E-state index >= 15 is 0 Å². The minimum absolute atomic E-state index is 0.0875. The lowest BCUT2D eigenvalue weighted by molar-refractivity contribution is -0.149. The number of carbonyl (C=O) groups is 2. The van der Waals surface area contributed by atoms with Gasteiger partial charge in [0.15, 0.2) is 0 Å². The largest absolute Gasteiger partial charge is 0.481 e. The number of rotatable bonds is 7. The third kappa shape index (κ3) is 4.07. The molecule has 0 saturated carbocycles. The summed E-state index contributed by atoms with van der Waals surface area (Å²) in [6, 6.07) is 3.87. The molecule has 2 atom stereocenters. The first kappa shape index (κ1) is 21.9. The highest BCUT2D eigenvalue weighted by Gasteiger charge is 2.47. The summed E-state index contributed by atoms with van der Waals surface area (Å²) in [6.45, 7) is 7.60. The van der Waals surface area contributed by atoms with Gasteiger partial charge in [-0.3, -0.25) is 9.78 Å². The van der Waals surface area contributed by atoms with Crippen molar-refractivity contribution in [3.63, 3.8) is 0 Å². The van der Waals surface area contributed by atoms with Gasteiger partial charge in [0.2, 0.25) is 0 Å². The number of nitrogens with zero attached hydrogens (tertiary/aromatic N) is 2. The monoisotopic (exact) mass is 426 g/mol. The number of thiazole rings is 1. The second-order valence-electron chi connectivity index (χ2n) is 8.10. The lowest BCUT2D eigenvalue weighted by Crippen LogP contribution is -2.41. The van der Waals surface area contributed by atoms with E-state index in [4.69, 9.17) is 4.98 Å². The van der Waals surface area contributed by atoms with Crippen LogP contribution in [0.15, 0.2) is 41.4 Å². The molecule has 2 aromatic heterocycles. The number of carboxylic acids is 2. The summed E-state index contributed by atoms with van der Waals surface area (Å²) in [6.07, 6.45) is 6.18. The Kier molecular flexibility index (Phi) is 6.22. The van der Waals surface area contributed by atoms with Crippen molar-refractivity contribution >= 4 is 28.8 Å². The van der Waals surface area contributed by atoms with E-state index in [1.807, 2.05) is 38.3 Å². The molecular weight excluding hydrogens is 400 g/mol. The van der Waals surface area contributed by atoms with Gasteiger partial charge in [-0.1, -0.05) is 33.8 Å². The van der Waals surface area contributed by atoms with Crippen molar-refractivity contribution in [3.05, 3.63) is 52.8 Å². The Morgan fingerprint density at radius 3 is 2.63 bits per heavy atom. The van der Waals surface area contributed by atoms with Crippen molar-refractivity contribution < 1.29 is 19.8 Å². The van der Waals surface area contributed by atoms with Crippen molar-refractivity contribution in [2.75, 3.05) is 0 Å². The van der Waals surface area contributed by atoms with Crippen LogP contribution in [0.4, 0.5) is 0 Å². The molecule has 6 nitrogen and oxygen atoms in total. The summed E-state index contributed by atoms with van der Waals surface area (Å²) < 4.78 is 0. The zero-order valence-corrected chi connectivity index (χ0v) is 18.4. The van der Waals surface area contributed by atoms with Gasteiger partial charge < -0.3 is 10.2 Å². The van der Waals surface area contributed by atoms with Crippen molar-refractivity contribution in [2.24, 2.45) is 17.3 Å². The van der Waals surface area contributed by atoms with E-state index in [0.717, 1.165) is 22.7 Å². The van der Waals surface area contributed by atoms with Crippen LogP contribution in [0.25, 0.3) is 16.1 Å². The normalized spacial score (nSPS) is 21.3. The van der Waals surface area contributed by atoms with Crippen LogP contribution in [0.3, 0.4) is 0 Å². The first-order valence-electron chi connectivity index (χ1n) is 10.00. The quantitative estimate of drug-likeness (QED) is 0.651. The molecule has 2 unspecified atom stereocenters. The smallest absolute Gasteiger partial charge is 0.331 e. The minimum Gasteiger partial charge on any atom is -0.481 e. The second-order valence-corrected chi connectivity index (χ2v) is 8.96. The fraction of sp³-hybridized carbons (Fsp3) is 0.391. The number of aromatic nitrogens is 2. The molecule has 3 rings (SSSR count). The maximum Gasteiger partial charge on any atom is 0.331 e. The summed E-state index contributed by atoms with van der Waals surface area (Å²) in [5.41, 5.74) is 1.84. The van der Waals surface area contributed by atoms with Gasteiger partial charge in [0.1, 0.15) is 5.01 Å². The Labute approximate surface area is 180 Å². The van der Waals surface area contributed by atoms with Gasteiger partial charge in [0, 0.05) is 34.3 Å². The van der Waals surface area contributed by atoms with Crippen LogP contribution >= 0.6 is 11.3 Å². The van der Waals surface area contributed by atoms with Crippen LogP contribution in [0.1, 0.15) is 45.5 Å². The van der Waals surface area contributed by atoms with Crippen molar-refractivity contribution in [1.29, 1.82) is 0 Å². The average molecular weight is 427 g/mol. The summed E-state index contributed by atoms with van der Waals surface area (Å²) in [4.78, 5) is 33.3. The number of aliphatic carboxylic acids is 2. The summed E-state index contributed by atoms with van der Waals surface area (Å²) in [5, 5.41) is 22.5. The molecule has 1 aliphatic rings. The number of aryl methyl sites for hydroxylation is 1. The molecule has 2 aromatic rings. The van der Waals surface area contributed by atoms with Gasteiger partial charge in [0.25, 0.3) is 0 Å². The number of carboxylic acid groups (broad SMARTS) is 2. The molecular formula is C23H26N2O4S. The molecule has 7 heteroatoms. The van der Waals surface area contributed by atoms with Gasteiger partial charge >= 0.3 is 11.9 Å². The third-order valence-corrected chi connectivity index (χ3v) is 6.47. The van der Waals surface area contributed by atoms with Crippen LogP contribution < -0.4 is 0 Å². The van der Waals surface area contributed by atoms with Crippen LogP contribution in [-0.2, 0) is 16.0 Å². The number of hydrogen-bond donors (Lipinski definition) is 2. The number of hydrogen-bond acceptors (Lipinski definition) is 5. The van der Waals surface area contributed by atoms with E-state index < -0.39 is 23.3 Å². The summed E-state index contributed by atoms with van der Waals surface area (Å²) in [7, 11) is 0. The molecule has 0 aliphatic heterocycles. The van der Waals surface area contributed by atoms with Crippen molar-refractivity contribution in [3.8, 4) is 10.6 Å².